The van der Waals surface area contributed by atoms with Crippen molar-refractivity contribution in [2.45, 2.75) is 18.9 Å². The Morgan fingerprint density at radius 3 is 3.00 bits per heavy atom. The van der Waals surface area contributed by atoms with Gasteiger partial charge in [-0.1, -0.05) is 30.3 Å². The third-order valence-corrected chi connectivity index (χ3v) is 4.55. The van der Waals surface area contributed by atoms with Crippen molar-refractivity contribution < 1.29 is 9.53 Å². The van der Waals surface area contributed by atoms with E-state index in [1.165, 1.54) is 0 Å². The molecule has 1 aliphatic heterocycles. The van der Waals surface area contributed by atoms with E-state index in [-0.39, 0.29) is 17.9 Å². The quantitative estimate of drug-likeness (QED) is 0.797. The van der Waals surface area contributed by atoms with Crippen molar-refractivity contribution in [1.82, 2.24) is 14.9 Å². The van der Waals surface area contributed by atoms with Crippen LogP contribution in [0.4, 0.5) is 0 Å². The van der Waals surface area contributed by atoms with Gasteiger partial charge in [-0.05, 0) is 30.7 Å². The average Bonchev–Trinajstić information content (AvgIpc) is 3.31. The Balaban J connectivity index is 1.50. The van der Waals surface area contributed by atoms with Gasteiger partial charge < -0.3 is 14.6 Å². The summed E-state index contributed by atoms with van der Waals surface area (Å²) in [6.07, 6.45) is 5.40. The summed E-state index contributed by atoms with van der Waals surface area (Å²) in [5.41, 5.74) is 3.02. The topological polar surface area (TPSA) is 56.1 Å². The highest BCUT2D eigenvalue weighted by Crippen LogP contribution is 2.34. The number of para-hydroxylation sites is 1. The fourth-order valence-corrected chi connectivity index (χ4v) is 3.14. The molecular formula is C20H19N3O2. The molecular weight excluding hydrogens is 314 g/mol. The van der Waals surface area contributed by atoms with Crippen LogP contribution < -0.4 is 10.1 Å². The Hall–Kier alpha value is -3.08. The van der Waals surface area contributed by atoms with E-state index < -0.39 is 0 Å². The minimum absolute atomic E-state index is 0.00881. The number of nitrogens with zero attached hydrogens (tertiary/aromatic N) is 2. The van der Waals surface area contributed by atoms with E-state index in [1.54, 1.807) is 12.5 Å². The van der Waals surface area contributed by atoms with Crippen molar-refractivity contribution in [1.29, 1.82) is 0 Å². The maximum Gasteiger partial charge on any atom is 0.231 e. The molecule has 0 saturated heterocycles. The van der Waals surface area contributed by atoms with E-state index in [1.807, 2.05) is 60.2 Å². The number of ether oxygens (including phenoxy) is 1. The highest BCUT2D eigenvalue weighted by atomic mass is 16.5. The van der Waals surface area contributed by atoms with Crippen molar-refractivity contribution in [2.75, 3.05) is 6.61 Å². The number of amides is 1. The summed E-state index contributed by atoms with van der Waals surface area (Å²) in [4.78, 5) is 16.8. The molecule has 1 amide bonds. The molecule has 1 aromatic heterocycles. The van der Waals surface area contributed by atoms with Gasteiger partial charge in [0.05, 0.1) is 12.4 Å². The number of hydrogen-bond acceptors (Lipinski definition) is 3. The first-order valence-electron chi connectivity index (χ1n) is 8.33. The fraction of sp³-hybridized carbons (Fsp3) is 0.200. The first-order chi connectivity index (χ1) is 12.2. The van der Waals surface area contributed by atoms with Crippen LogP contribution in [0.3, 0.4) is 0 Å². The molecule has 1 aliphatic rings. The number of hydrogen-bond donors (Lipinski definition) is 1. The van der Waals surface area contributed by atoms with Gasteiger partial charge in [0, 0.05) is 23.6 Å². The molecule has 5 nitrogen and oxygen atoms in total. The highest BCUT2D eigenvalue weighted by molar-refractivity contribution is 5.85. The van der Waals surface area contributed by atoms with Gasteiger partial charge >= 0.3 is 0 Å². The minimum atomic E-state index is -0.254. The summed E-state index contributed by atoms with van der Waals surface area (Å²) in [6.45, 7) is 2.39. The molecule has 0 fully saturated rings. The first kappa shape index (κ1) is 15.4. The summed E-state index contributed by atoms with van der Waals surface area (Å²) >= 11 is 0. The van der Waals surface area contributed by atoms with Crippen molar-refractivity contribution in [3.8, 4) is 11.4 Å². The van der Waals surface area contributed by atoms with Crippen molar-refractivity contribution in [2.24, 2.45) is 0 Å². The second kappa shape index (κ2) is 6.43. The Bertz CT molecular complexity index is 889. The average molecular weight is 333 g/mol. The van der Waals surface area contributed by atoms with Crippen molar-refractivity contribution in [3.63, 3.8) is 0 Å². The molecule has 2 aromatic carbocycles. The van der Waals surface area contributed by atoms with Gasteiger partial charge in [-0.2, -0.15) is 0 Å². The van der Waals surface area contributed by atoms with Crippen LogP contribution in [-0.4, -0.2) is 22.1 Å². The number of carbonyl (C=O) groups is 1. The van der Waals surface area contributed by atoms with Gasteiger partial charge in [-0.3, -0.25) is 4.79 Å². The molecule has 0 spiro atoms. The molecule has 0 saturated carbocycles. The highest BCUT2D eigenvalue weighted by Gasteiger charge is 2.30. The van der Waals surface area contributed by atoms with E-state index in [0.717, 1.165) is 22.6 Å². The lowest BCUT2D eigenvalue weighted by atomic mass is 9.99. The lowest BCUT2D eigenvalue weighted by molar-refractivity contribution is -0.123. The number of nitrogens with one attached hydrogen (secondary N) is 1. The second-order valence-corrected chi connectivity index (χ2v) is 6.20. The van der Waals surface area contributed by atoms with Gasteiger partial charge in [0.2, 0.25) is 5.91 Å². The number of aromatic nitrogens is 2. The largest absolute Gasteiger partial charge is 0.492 e. The molecule has 0 aliphatic carbocycles. The van der Waals surface area contributed by atoms with E-state index in [9.17, 15) is 4.79 Å². The molecule has 126 valence electrons. The number of fused-ring (bicyclic) bond motifs is 1. The first-order valence-corrected chi connectivity index (χ1v) is 8.33. The van der Waals surface area contributed by atoms with E-state index in [2.05, 4.69) is 16.4 Å². The molecule has 0 radical (unpaired) electrons. The maximum atomic E-state index is 12.7. The molecule has 0 unspecified atom stereocenters. The van der Waals surface area contributed by atoms with Crippen LogP contribution in [0.25, 0.3) is 5.69 Å². The Morgan fingerprint density at radius 2 is 2.16 bits per heavy atom. The lowest BCUT2D eigenvalue weighted by Gasteiger charge is -2.18. The third kappa shape index (κ3) is 3.01. The SMILES string of the molecule is C[C@@H](NC(=O)[C@@H]1COc2ccccc21)c1cccc(-n2ccnc2)c1. The summed E-state index contributed by atoms with van der Waals surface area (Å²) in [5.74, 6) is 0.540. The third-order valence-electron chi connectivity index (χ3n) is 4.55. The van der Waals surface area contributed by atoms with Gasteiger partial charge in [-0.15, -0.1) is 0 Å². The second-order valence-electron chi connectivity index (χ2n) is 6.20. The molecule has 5 heteroatoms. The van der Waals surface area contributed by atoms with Crippen LogP contribution in [0.5, 0.6) is 5.75 Å². The van der Waals surface area contributed by atoms with Crippen LogP contribution in [0.1, 0.15) is 30.0 Å². The Labute approximate surface area is 146 Å². The van der Waals surface area contributed by atoms with Crippen LogP contribution in [0.2, 0.25) is 0 Å². The standard InChI is InChI=1S/C20H19N3O2/c1-14(15-5-4-6-16(11-15)23-10-9-21-13-23)22-20(24)18-12-25-19-8-3-2-7-17(18)19/h2-11,13-14,18H,12H2,1H3,(H,22,24)/t14-,18-/m1/s1. The van der Waals surface area contributed by atoms with E-state index >= 15 is 0 Å². The molecule has 3 aromatic rings. The number of carbonyl (C=O) groups excluding carboxylic acids is 1. The van der Waals surface area contributed by atoms with E-state index in [4.69, 9.17) is 4.74 Å². The summed E-state index contributed by atoms with van der Waals surface area (Å²) in [5, 5.41) is 3.11. The summed E-state index contributed by atoms with van der Waals surface area (Å²) < 4.78 is 7.56. The Morgan fingerprint density at radius 1 is 1.28 bits per heavy atom. The van der Waals surface area contributed by atoms with Crippen molar-refractivity contribution in [3.05, 3.63) is 78.4 Å². The predicted molar refractivity (Wildman–Crippen MR) is 94.8 cm³/mol. The maximum absolute atomic E-state index is 12.7. The van der Waals surface area contributed by atoms with Gasteiger partial charge in [0.1, 0.15) is 18.3 Å². The lowest BCUT2D eigenvalue weighted by Crippen LogP contribution is -2.32. The number of rotatable bonds is 4. The molecule has 2 heterocycles. The number of imidazole rings is 1. The fourth-order valence-electron chi connectivity index (χ4n) is 3.14. The smallest absolute Gasteiger partial charge is 0.231 e. The zero-order chi connectivity index (χ0) is 17.2. The van der Waals surface area contributed by atoms with Crippen LogP contribution in [-0.2, 0) is 4.79 Å². The normalized spacial score (nSPS) is 16.8. The Kier molecular flexibility index (Phi) is 3.98. The molecule has 0 bridgehead atoms. The van der Waals surface area contributed by atoms with Crippen molar-refractivity contribution >= 4 is 5.91 Å². The van der Waals surface area contributed by atoms with E-state index in [0.29, 0.717) is 6.61 Å². The summed E-state index contributed by atoms with van der Waals surface area (Å²) in [6, 6.07) is 15.7. The van der Waals surface area contributed by atoms with Gasteiger partial charge in [0.25, 0.3) is 0 Å². The van der Waals surface area contributed by atoms with Gasteiger partial charge in [-0.25, -0.2) is 4.98 Å². The van der Waals surface area contributed by atoms with Crippen LogP contribution in [0, 0.1) is 0 Å². The molecule has 4 rings (SSSR count). The zero-order valence-electron chi connectivity index (χ0n) is 13.9. The molecule has 25 heavy (non-hydrogen) atoms. The van der Waals surface area contributed by atoms with Gasteiger partial charge in [0.15, 0.2) is 0 Å². The predicted octanol–water partition coefficient (Wildman–Crippen LogP) is 3.23. The zero-order valence-corrected chi connectivity index (χ0v) is 13.9. The molecule has 2 atom stereocenters. The monoisotopic (exact) mass is 333 g/mol. The van der Waals surface area contributed by atoms with Crippen LogP contribution in [0.15, 0.2) is 67.3 Å². The number of benzene rings is 2. The van der Waals surface area contributed by atoms with Crippen LogP contribution >= 0.6 is 0 Å². The summed E-state index contributed by atoms with van der Waals surface area (Å²) in [7, 11) is 0. The minimum Gasteiger partial charge on any atom is -0.492 e. The molecule has 1 N–H and O–H groups in total.